The number of ketones is 1. The van der Waals surface area contributed by atoms with Crippen molar-refractivity contribution >= 4 is 5.78 Å². The molecule has 1 aromatic rings. The van der Waals surface area contributed by atoms with E-state index in [0.717, 1.165) is 5.57 Å². The predicted molar refractivity (Wildman–Crippen MR) is 67.6 cm³/mol. The van der Waals surface area contributed by atoms with Crippen LogP contribution in [0, 0.1) is 0 Å². The summed E-state index contributed by atoms with van der Waals surface area (Å²) in [6, 6.07) is 1.65. The molecule has 4 nitrogen and oxygen atoms in total. The van der Waals surface area contributed by atoms with Crippen LogP contribution < -0.4 is 9.47 Å². The fourth-order valence-corrected chi connectivity index (χ4v) is 2.12. The number of carbonyl (C=O) groups is 1. The molecule has 0 saturated carbocycles. The average molecular weight is 248 g/mol. The molecule has 0 radical (unpaired) electrons. The minimum absolute atomic E-state index is 0.0411. The number of benzene rings is 1. The molecule has 1 unspecified atom stereocenters. The lowest BCUT2D eigenvalue weighted by molar-refractivity contribution is 0.101. The van der Waals surface area contributed by atoms with Gasteiger partial charge in [0.05, 0.1) is 7.11 Å². The van der Waals surface area contributed by atoms with E-state index in [1.54, 1.807) is 6.07 Å². The number of fused-ring (bicyclic) bond motifs is 1. The summed E-state index contributed by atoms with van der Waals surface area (Å²) in [6.45, 7) is 7.12. The van der Waals surface area contributed by atoms with Gasteiger partial charge in [0.15, 0.2) is 5.78 Å². The topological polar surface area (TPSA) is 55.8 Å². The predicted octanol–water partition coefficient (Wildman–Crippen LogP) is 2.48. The van der Waals surface area contributed by atoms with Crippen LogP contribution in [0.1, 0.15) is 29.8 Å². The second kappa shape index (κ2) is 4.37. The highest BCUT2D eigenvalue weighted by molar-refractivity contribution is 6.00. The van der Waals surface area contributed by atoms with Gasteiger partial charge in [-0.2, -0.15) is 0 Å². The third kappa shape index (κ3) is 1.83. The summed E-state index contributed by atoms with van der Waals surface area (Å²) >= 11 is 0. The molecule has 0 aliphatic carbocycles. The zero-order valence-corrected chi connectivity index (χ0v) is 10.7. The number of Topliss-reactive ketones (excluding diaryl/α,β-unsaturated/α-hetero) is 1. The van der Waals surface area contributed by atoms with Crippen molar-refractivity contribution < 1.29 is 19.4 Å². The van der Waals surface area contributed by atoms with Gasteiger partial charge in [0, 0.05) is 18.1 Å². The van der Waals surface area contributed by atoms with E-state index >= 15 is 0 Å². The molecule has 2 rings (SSSR count). The molecular formula is C14H16O4. The molecule has 1 atom stereocenters. The highest BCUT2D eigenvalue weighted by Crippen LogP contribution is 2.44. The summed E-state index contributed by atoms with van der Waals surface area (Å²) in [6.07, 6.45) is 0.374. The zero-order valence-electron chi connectivity index (χ0n) is 10.7. The van der Waals surface area contributed by atoms with Gasteiger partial charge in [-0.1, -0.05) is 6.58 Å². The molecule has 0 amide bonds. The summed E-state index contributed by atoms with van der Waals surface area (Å²) in [4.78, 5) is 11.6. The maximum atomic E-state index is 11.6. The van der Waals surface area contributed by atoms with Crippen LogP contribution in [0.25, 0.3) is 0 Å². The minimum Gasteiger partial charge on any atom is -0.507 e. The number of hydrogen-bond acceptors (Lipinski definition) is 4. The summed E-state index contributed by atoms with van der Waals surface area (Å²) < 4.78 is 10.8. The van der Waals surface area contributed by atoms with Gasteiger partial charge < -0.3 is 14.6 Å². The van der Waals surface area contributed by atoms with Crippen LogP contribution in [0.4, 0.5) is 0 Å². The van der Waals surface area contributed by atoms with Crippen molar-refractivity contribution in [2.75, 3.05) is 7.11 Å². The third-order valence-electron chi connectivity index (χ3n) is 3.11. The molecule has 18 heavy (non-hydrogen) atoms. The molecular weight excluding hydrogens is 232 g/mol. The van der Waals surface area contributed by atoms with Crippen molar-refractivity contribution in [3.8, 4) is 17.2 Å². The zero-order chi connectivity index (χ0) is 13.4. The standard InChI is InChI=1S/C14H16O4/c1-7(2)10-5-9-11(18-10)6-12(17-4)13(8(3)15)14(9)16/h6,10,16H,1,5H2,2-4H3. The molecule has 96 valence electrons. The molecule has 0 saturated heterocycles. The van der Waals surface area contributed by atoms with E-state index in [9.17, 15) is 9.90 Å². The lowest BCUT2D eigenvalue weighted by atomic mass is 10.00. The summed E-state index contributed by atoms with van der Waals surface area (Å²) in [5.74, 6) is 0.620. The number of phenolic OH excluding ortho intramolecular Hbond substituents is 1. The third-order valence-corrected chi connectivity index (χ3v) is 3.11. The Bertz CT molecular complexity index is 531. The largest absolute Gasteiger partial charge is 0.507 e. The normalized spacial score (nSPS) is 16.9. The van der Waals surface area contributed by atoms with Gasteiger partial charge in [-0.05, 0) is 19.4 Å². The SMILES string of the molecule is C=C(C)C1Cc2c(cc(OC)c(C(C)=O)c2O)O1. The molecule has 1 N–H and O–H groups in total. The quantitative estimate of drug-likeness (QED) is 0.659. The van der Waals surface area contributed by atoms with Crippen molar-refractivity contribution in [2.45, 2.75) is 26.4 Å². The number of rotatable bonds is 3. The van der Waals surface area contributed by atoms with Gasteiger partial charge >= 0.3 is 0 Å². The Morgan fingerprint density at radius 2 is 2.22 bits per heavy atom. The Labute approximate surface area is 106 Å². The number of phenols is 1. The summed E-state index contributed by atoms with van der Waals surface area (Å²) in [5, 5.41) is 10.2. The van der Waals surface area contributed by atoms with E-state index < -0.39 is 0 Å². The number of ether oxygens (including phenoxy) is 2. The first-order chi connectivity index (χ1) is 8.45. The summed E-state index contributed by atoms with van der Waals surface area (Å²) in [5.41, 5.74) is 1.74. The molecule has 1 heterocycles. The molecule has 0 bridgehead atoms. The number of methoxy groups -OCH3 is 1. The van der Waals surface area contributed by atoms with Crippen molar-refractivity contribution in [1.82, 2.24) is 0 Å². The Morgan fingerprint density at radius 1 is 1.56 bits per heavy atom. The number of carbonyl (C=O) groups excluding carboxylic acids is 1. The van der Waals surface area contributed by atoms with E-state index in [0.29, 0.717) is 23.5 Å². The second-order valence-corrected chi connectivity index (χ2v) is 4.49. The molecule has 0 fully saturated rings. The first kappa shape index (κ1) is 12.5. The fraction of sp³-hybridized carbons (Fsp3) is 0.357. The molecule has 0 aromatic heterocycles. The molecule has 0 spiro atoms. The van der Waals surface area contributed by atoms with Gasteiger partial charge in [0.2, 0.25) is 0 Å². The van der Waals surface area contributed by atoms with Crippen LogP contribution in [-0.4, -0.2) is 24.1 Å². The monoisotopic (exact) mass is 248 g/mol. The lowest BCUT2D eigenvalue weighted by Gasteiger charge is -2.11. The van der Waals surface area contributed by atoms with Gasteiger partial charge in [-0.25, -0.2) is 0 Å². The van der Waals surface area contributed by atoms with Crippen LogP contribution in [0.3, 0.4) is 0 Å². The Balaban J connectivity index is 2.55. The average Bonchev–Trinajstić information content (AvgIpc) is 2.72. The van der Waals surface area contributed by atoms with Crippen molar-refractivity contribution in [2.24, 2.45) is 0 Å². The fourth-order valence-electron chi connectivity index (χ4n) is 2.12. The lowest BCUT2D eigenvalue weighted by Crippen LogP contribution is -2.13. The van der Waals surface area contributed by atoms with Crippen LogP contribution in [-0.2, 0) is 6.42 Å². The first-order valence-electron chi connectivity index (χ1n) is 5.71. The molecule has 1 aliphatic rings. The Morgan fingerprint density at radius 3 is 2.72 bits per heavy atom. The van der Waals surface area contributed by atoms with Gasteiger partial charge in [0.25, 0.3) is 0 Å². The minimum atomic E-state index is -0.231. The van der Waals surface area contributed by atoms with Crippen molar-refractivity contribution in [3.63, 3.8) is 0 Å². The van der Waals surface area contributed by atoms with Crippen LogP contribution in [0.2, 0.25) is 0 Å². The summed E-state index contributed by atoms with van der Waals surface area (Å²) in [7, 11) is 1.46. The van der Waals surface area contributed by atoms with Crippen molar-refractivity contribution in [3.05, 3.63) is 29.3 Å². The molecule has 4 heteroatoms. The van der Waals surface area contributed by atoms with Crippen LogP contribution in [0.5, 0.6) is 17.2 Å². The van der Waals surface area contributed by atoms with E-state index in [2.05, 4.69) is 6.58 Å². The Hall–Kier alpha value is -1.97. The van der Waals surface area contributed by atoms with Crippen molar-refractivity contribution in [1.29, 1.82) is 0 Å². The van der Waals surface area contributed by atoms with E-state index in [4.69, 9.17) is 9.47 Å². The highest BCUT2D eigenvalue weighted by atomic mass is 16.5. The maximum absolute atomic E-state index is 11.6. The molecule has 1 aliphatic heterocycles. The Kier molecular flexibility index (Phi) is 3.03. The van der Waals surface area contributed by atoms with Gasteiger partial charge in [-0.15, -0.1) is 0 Å². The first-order valence-corrected chi connectivity index (χ1v) is 5.71. The van der Waals surface area contributed by atoms with E-state index in [1.807, 2.05) is 6.92 Å². The van der Waals surface area contributed by atoms with Crippen LogP contribution >= 0.6 is 0 Å². The number of aromatic hydroxyl groups is 1. The highest BCUT2D eigenvalue weighted by Gasteiger charge is 2.30. The van der Waals surface area contributed by atoms with E-state index in [-0.39, 0.29) is 23.2 Å². The van der Waals surface area contributed by atoms with E-state index in [1.165, 1.54) is 14.0 Å². The maximum Gasteiger partial charge on any atom is 0.167 e. The second-order valence-electron chi connectivity index (χ2n) is 4.49. The van der Waals surface area contributed by atoms with Crippen LogP contribution in [0.15, 0.2) is 18.2 Å². The van der Waals surface area contributed by atoms with Gasteiger partial charge in [-0.3, -0.25) is 4.79 Å². The van der Waals surface area contributed by atoms with Gasteiger partial charge in [0.1, 0.15) is 28.9 Å². The number of hydrogen-bond donors (Lipinski definition) is 1. The molecule has 1 aromatic carbocycles. The smallest absolute Gasteiger partial charge is 0.167 e.